The number of nitrogens with zero attached hydrogens (tertiary/aromatic N) is 1. The van der Waals surface area contributed by atoms with Crippen LogP contribution in [0.2, 0.25) is 0 Å². The molecule has 130 valence electrons. The summed E-state index contributed by atoms with van der Waals surface area (Å²) in [5.74, 6) is -0.533. The number of hydrogen-bond donors (Lipinski definition) is 1. The summed E-state index contributed by atoms with van der Waals surface area (Å²) in [7, 11) is -3.36. The maximum atomic E-state index is 13.2. The van der Waals surface area contributed by atoms with Crippen molar-refractivity contribution < 1.29 is 23.6 Å². The van der Waals surface area contributed by atoms with Crippen LogP contribution in [-0.4, -0.2) is 41.9 Å². The molecule has 1 saturated heterocycles. The fourth-order valence-electron chi connectivity index (χ4n) is 2.80. The molecule has 1 aliphatic heterocycles. The maximum Gasteiger partial charge on any atom is 0.350 e. The molecule has 0 bridgehead atoms. The van der Waals surface area contributed by atoms with Gasteiger partial charge in [-0.05, 0) is 26.3 Å². The molecule has 1 aromatic rings. The van der Waals surface area contributed by atoms with E-state index < -0.39 is 19.5 Å². The van der Waals surface area contributed by atoms with E-state index in [-0.39, 0.29) is 12.6 Å². The van der Waals surface area contributed by atoms with Crippen molar-refractivity contribution in [2.24, 2.45) is 0 Å². The minimum absolute atomic E-state index is 0.132. The predicted octanol–water partition coefficient (Wildman–Crippen LogP) is 3.34. The molecule has 0 amide bonds. The van der Waals surface area contributed by atoms with Gasteiger partial charge in [0.1, 0.15) is 11.9 Å². The lowest BCUT2D eigenvalue weighted by Gasteiger charge is -2.32. The minimum Gasteiger partial charge on any atom is -0.394 e. The van der Waals surface area contributed by atoms with Gasteiger partial charge in [-0.3, -0.25) is 9.40 Å². The molecule has 1 aliphatic rings. The SMILES string of the molecule is CCOP(=O)(OCC)[C@H]1C[C@H](CO)ON1[C@@H](C)c1ccccc1. The molecule has 0 aliphatic carbocycles. The van der Waals surface area contributed by atoms with Gasteiger partial charge in [0.25, 0.3) is 0 Å². The number of aliphatic hydroxyl groups is 1. The summed E-state index contributed by atoms with van der Waals surface area (Å²) in [6, 6.07) is 9.69. The van der Waals surface area contributed by atoms with Gasteiger partial charge in [0.15, 0.2) is 0 Å². The minimum atomic E-state index is -3.36. The molecule has 1 N–H and O–H groups in total. The summed E-state index contributed by atoms with van der Waals surface area (Å²) in [4.78, 5) is 5.83. The summed E-state index contributed by atoms with van der Waals surface area (Å²) < 4.78 is 24.2. The van der Waals surface area contributed by atoms with Crippen LogP contribution in [0.15, 0.2) is 30.3 Å². The normalized spacial score (nSPS) is 24.0. The van der Waals surface area contributed by atoms with Crippen molar-refractivity contribution in [1.29, 1.82) is 0 Å². The highest BCUT2D eigenvalue weighted by molar-refractivity contribution is 7.54. The highest BCUT2D eigenvalue weighted by Gasteiger charge is 2.49. The van der Waals surface area contributed by atoms with E-state index in [0.29, 0.717) is 19.6 Å². The molecule has 6 nitrogen and oxygen atoms in total. The Hall–Kier alpha value is -0.750. The Kier molecular flexibility index (Phi) is 6.77. The largest absolute Gasteiger partial charge is 0.394 e. The van der Waals surface area contributed by atoms with E-state index in [2.05, 4.69) is 0 Å². The van der Waals surface area contributed by atoms with Gasteiger partial charge >= 0.3 is 7.60 Å². The summed E-state index contributed by atoms with van der Waals surface area (Å²) >= 11 is 0. The summed E-state index contributed by atoms with van der Waals surface area (Å²) in [6.07, 6.45) is 0.00528. The first-order valence-electron chi connectivity index (χ1n) is 8.05. The highest BCUT2D eigenvalue weighted by atomic mass is 31.2. The van der Waals surface area contributed by atoms with Crippen LogP contribution in [0, 0.1) is 0 Å². The summed E-state index contributed by atoms with van der Waals surface area (Å²) in [5.41, 5.74) is 1.04. The van der Waals surface area contributed by atoms with E-state index in [0.717, 1.165) is 5.56 Å². The van der Waals surface area contributed by atoms with Gasteiger partial charge in [-0.1, -0.05) is 30.3 Å². The third-order valence-corrected chi connectivity index (χ3v) is 6.29. The van der Waals surface area contributed by atoms with Crippen LogP contribution in [0.3, 0.4) is 0 Å². The van der Waals surface area contributed by atoms with Crippen LogP contribution in [0.25, 0.3) is 0 Å². The molecule has 7 heteroatoms. The fraction of sp³-hybridized carbons (Fsp3) is 0.625. The van der Waals surface area contributed by atoms with Crippen molar-refractivity contribution in [3.05, 3.63) is 35.9 Å². The van der Waals surface area contributed by atoms with Gasteiger partial charge in [-0.2, -0.15) is 5.06 Å². The zero-order valence-corrected chi connectivity index (χ0v) is 14.8. The topological polar surface area (TPSA) is 68.2 Å². The first-order valence-corrected chi connectivity index (χ1v) is 9.66. The van der Waals surface area contributed by atoms with E-state index in [9.17, 15) is 9.67 Å². The van der Waals surface area contributed by atoms with Crippen LogP contribution in [0.5, 0.6) is 0 Å². The molecule has 0 saturated carbocycles. The van der Waals surface area contributed by atoms with Gasteiger partial charge in [0, 0.05) is 6.42 Å². The van der Waals surface area contributed by atoms with Crippen LogP contribution in [-0.2, 0) is 18.5 Å². The first kappa shape index (κ1) is 18.6. The Balaban J connectivity index is 2.29. The monoisotopic (exact) mass is 343 g/mol. The fourth-order valence-corrected chi connectivity index (χ4v) is 4.96. The van der Waals surface area contributed by atoms with Crippen molar-refractivity contribution in [3.63, 3.8) is 0 Å². The van der Waals surface area contributed by atoms with Gasteiger partial charge < -0.3 is 14.2 Å². The lowest BCUT2D eigenvalue weighted by Crippen LogP contribution is -2.32. The molecular formula is C16H26NO5P. The van der Waals surface area contributed by atoms with Crippen LogP contribution < -0.4 is 0 Å². The number of rotatable bonds is 8. The zero-order valence-electron chi connectivity index (χ0n) is 13.9. The second-order valence-corrected chi connectivity index (χ2v) is 7.64. The molecule has 3 atom stereocenters. The number of hydrogen-bond acceptors (Lipinski definition) is 6. The Bertz CT molecular complexity index is 516. The van der Waals surface area contributed by atoms with Gasteiger partial charge in [-0.25, -0.2) is 0 Å². The molecule has 1 aromatic carbocycles. The van der Waals surface area contributed by atoms with E-state index in [4.69, 9.17) is 13.9 Å². The van der Waals surface area contributed by atoms with Crippen LogP contribution in [0.4, 0.5) is 0 Å². The lowest BCUT2D eigenvalue weighted by molar-refractivity contribution is -0.186. The molecule has 1 heterocycles. The molecule has 0 spiro atoms. The van der Waals surface area contributed by atoms with Crippen molar-refractivity contribution in [3.8, 4) is 0 Å². The molecule has 1 fully saturated rings. The second kappa shape index (κ2) is 8.38. The molecule has 23 heavy (non-hydrogen) atoms. The zero-order chi connectivity index (χ0) is 16.9. The standard InChI is InChI=1S/C16H26NO5P/c1-4-20-23(19,21-5-2)16-11-15(12-18)22-17(16)13(3)14-9-7-6-8-10-14/h6-10,13,15-16,18H,4-5,11-12H2,1-3H3/t13-,15+,16-/m0/s1. The smallest absolute Gasteiger partial charge is 0.350 e. The van der Waals surface area contributed by atoms with Gasteiger partial charge in [0.05, 0.1) is 25.9 Å². The van der Waals surface area contributed by atoms with Gasteiger partial charge in [-0.15, -0.1) is 0 Å². The van der Waals surface area contributed by atoms with Crippen molar-refractivity contribution >= 4 is 7.60 Å². The third-order valence-electron chi connectivity index (χ3n) is 3.89. The average Bonchev–Trinajstić information content (AvgIpc) is 3.00. The average molecular weight is 343 g/mol. The number of hydroxylamine groups is 2. The quantitative estimate of drug-likeness (QED) is 0.730. The molecule has 2 rings (SSSR count). The summed E-state index contributed by atoms with van der Waals surface area (Å²) in [5, 5.41) is 11.1. The van der Waals surface area contributed by atoms with Gasteiger partial charge in [0.2, 0.25) is 0 Å². The van der Waals surface area contributed by atoms with Crippen molar-refractivity contribution in [2.45, 2.75) is 45.1 Å². The second-order valence-electron chi connectivity index (χ2n) is 5.45. The van der Waals surface area contributed by atoms with Crippen LogP contribution in [0.1, 0.15) is 38.8 Å². The van der Waals surface area contributed by atoms with E-state index in [1.807, 2.05) is 37.3 Å². The molecule has 0 unspecified atom stereocenters. The number of aliphatic hydroxyl groups excluding tert-OH is 1. The van der Waals surface area contributed by atoms with Crippen molar-refractivity contribution in [1.82, 2.24) is 5.06 Å². The van der Waals surface area contributed by atoms with E-state index in [1.165, 1.54) is 0 Å². The van der Waals surface area contributed by atoms with E-state index in [1.54, 1.807) is 18.9 Å². The third kappa shape index (κ3) is 4.21. The highest BCUT2D eigenvalue weighted by Crippen LogP contribution is 2.59. The number of benzene rings is 1. The molecular weight excluding hydrogens is 317 g/mol. The van der Waals surface area contributed by atoms with Crippen LogP contribution >= 0.6 is 7.60 Å². The molecule has 0 aromatic heterocycles. The summed E-state index contributed by atoms with van der Waals surface area (Å²) in [6.45, 7) is 6.01. The Morgan fingerprint density at radius 1 is 1.30 bits per heavy atom. The van der Waals surface area contributed by atoms with Crippen molar-refractivity contribution in [2.75, 3.05) is 19.8 Å². The maximum absolute atomic E-state index is 13.2. The van der Waals surface area contributed by atoms with E-state index >= 15 is 0 Å². The predicted molar refractivity (Wildman–Crippen MR) is 87.9 cm³/mol. The Morgan fingerprint density at radius 2 is 1.91 bits per heavy atom. The lowest BCUT2D eigenvalue weighted by atomic mass is 10.1. The first-order chi connectivity index (χ1) is 11.1. The Labute approximate surface area is 137 Å². The molecule has 0 radical (unpaired) electrons. The Morgan fingerprint density at radius 3 is 2.43 bits per heavy atom.